The summed E-state index contributed by atoms with van der Waals surface area (Å²) in [4.78, 5) is 0. The van der Waals surface area contributed by atoms with Gasteiger partial charge in [0.2, 0.25) is 6.29 Å². The molecule has 0 aliphatic carbocycles. The Balaban J connectivity index is 2.25. The van der Waals surface area contributed by atoms with E-state index in [-0.39, 0.29) is 11.1 Å². The van der Waals surface area contributed by atoms with Crippen molar-refractivity contribution in [3.8, 4) is 5.75 Å². The molecule has 0 spiro atoms. The minimum atomic E-state index is -1.50. The van der Waals surface area contributed by atoms with Crippen molar-refractivity contribution < 1.29 is 34.6 Å². The fourth-order valence-corrected chi connectivity index (χ4v) is 2.94. The molecule has 0 saturated carbocycles. The summed E-state index contributed by atoms with van der Waals surface area (Å²) in [6, 6.07) is 5.52. The van der Waals surface area contributed by atoms with E-state index in [1.165, 1.54) is 0 Å². The van der Waals surface area contributed by atoms with Gasteiger partial charge in [-0.15, -0.1) is 0 Å². The molecule has 172 valence electrons. The van der Waals surface area contributed by atoms with Gasteiger partial charge < -0.3 is 40.0 Å². The minimum Gasteiger partial charge on any atom is -0.460 e. The highest BCUT2D eigenvalue weighted by molar-refractivity contribution is 5.59. The van der Waals surface area contributed by atoms with Gasteiger partial charge in [0.1, 0.15) is 30.2 Å². The van der Waals surface area contributed by atoms with Gasteiger partial charge in [0.05, 0.1) is 24.5 Å². The number of anilines is 1. The zero-order valence-electron chi connectivity index (χ0n) is 18.8. The number of benzene rings is 1. The van der Waals surface area contributed by atoms with Crippen LogP contribution in [0.25, 0.3) is 0 Å². The lowest BCUT2D eigenvalue weighted by Crippen LogP contribution is -2.60. The van der Waals surface area contributed by atoms with Crippen LogP contribution in [0.1, 0.15) is 53.5 Å². The number of hydrogen-bond donors (Lipinski definition) is 5. The number of aliphatic hydroxyl groups is 4. The SMILES string of the molecule is CCC(C)(C)OCc1ccc(OC2OC(CO)C(O)C(O)C2O)c(NC(C)(C)C)c1. The van der Waals surface area contributed by atoms with Crippen LogP contribution in [0.5, 0.6) is 5.75 Å². The fraction of sp³-hybridized carbons (Fsp3) is 0.727. The highest BCUT2D eigenvalue weighted by atomic mass is 16.7. The number of hydrogen-bond acceptors (Lipinski definition) is 8. The Bertz CT molecular complexity index is 687. The molecular weight excluding hydrogens is 390 g/mol. The van der Waals surface area contributed by atoms with Gasteiger partial charge >= 0.3 is 0 Å². The van der Waals surface area contributed by atoms with Gasteiger partial charge in [0.15, 0.2) is 0 Å². The van der Waals surface area contributed by atoms with Crippen LogP contribution in [0, 0.1) is 0 Å². The van der Waals surface area contributed by atoms with Gasteiger partial charge in [-0.1, -0.05) is 13.0 Å². The van der Waals surface area contributed by atoms with E-state index in [4.69, 9.17) is 14.2 Å². The summed E-state index contributed by atoms with van der Waals surface area (Å²) in [7, 11) is 0. The van der Waals surface area contributed by atoms with Crippen LogP contribution in [0.3, 0.4) is 0 Å². The van der Waals surface area contributed by atoms with Crippen LogP contribution in [-0.4, -0.2) is 68.9 Å². The van der Waals surface area contributed by atoms with Gasteiger partial charge in [0.25, 0.3) is 0 Å². The van der Waals surface area contributed by atoms with Crippen molar-refractivity contribution in [2.24, 2.45) is 0 Å². The maximum Gasteiger partial charge on any atom is 0.229 e. The molecule has 5 unspecified atom stereocenters. The first-order valence-corrected chi connectivity index (χ1v) is 10.4. The molecule has 2 rings (SSSR count). The predicted molar refractivity (Wildman–Crippen MR) is 113 cm³/mol. The first-order valence-electron chi connectivity index (χ1n) is 10.4. The standard InChI is InChI=1S/C22H37NO7/c1-7-22(5,6)28-12-13-8-9-15(14(10-13)23-21(2,3)4)29-20-19(27)18(26)17(25)16(11-24)30-20/h8-10,16-20,23-27H,7,11-12H2,1-6H3. The maximum atomic E-state index is 10.3. The van der Waals surface area contributed by atoms with E-state index in [1.807, 2.05) is 46.8 Å². The third-order valence-electron chi connectivity index (χ3n) is 5.13. The highest BCUT2D eigenvalue weighted by Gasteiger charge is 2.45. The van der Waals surface area contributed by atoms with Gasteiger partial charge in [-0.05, 0) is 58.7 Å². The minimum absolute atomic E-state index is 0.233. The molecule has 1 heterocycles. The zero-order chi connectivity index (χ0) is 22.7. The Kier molecular flexibility index (Phi) is 8.12. The quantitative estimate of drug-likeness (QED) is 0.426. The van der Waals surface area contributed by atoms with E-state index < -0.39 is 37.3 Å². The van der Waals surface area contributed by atoms with Gasteiger partial charge in [-0.2, -0.15) is 0 Å². The number of nitrogens with one attached hydrogen (secondary N) is 1. The molecular formula is C22H37NO7. The second-order valence-electron chi connectivity index (χ2n) is 9.42. The van der Waals surface area contributed by atoms with Crippen LogP contribution in [-0.2, 0) is 16.1 Å². The zero-order valence-corrected chi connectivity index (χ0v) is 18.8. The highest BCUT2D eigenvalue weighted by Crippen LogP contribution is 2.33. The molecule has 1 aliphatic rings. The largest absolute Gasteiger partial charge is 0.460 e. The van der Waals surface area contributed by atoms with E-state index in [1.54, 1.807) is 6.07 Å². The average Bonchev–Trinajstić information content (AvgIpc) is 2.67. The lowest BCUT2D eigenvalue weighted by Gasteiger charge is -2.40. The summed E-state index contributed by atoms with van der Waals surface area (Å²) in [5.41, 5.74) is 1.12. The summed E-state index contributed by atoms with van der Waals surface area (Å²) in [5.74, 6) is 0.410. The van der Waals surface area contributed by atoms with Gasteiger partial charge in [-0.3, -0.25) is 0 Å². The van der Waals surface area contributed by atoms with Crippen molar-refractivity contribution in [3.05, 3.63) is 23.8 Å². The van der Waals surface area contributed by atoms with Crippen molar-refractivity contribution in [2.75, 3.05) is 11.9 Å². The molecule has 1 aliphatic heterocycles. The van der Waals surface area contributed by atoms with E-state index in [0.29, 0.717) is 18.0 Å². The van der Waals surface area contributed by atoms with Crippen LogP contribution in [0.4, 0.5) is 5.69 Å². The number of aliphatic hydroxyl groups excluding tert-OH is 4. The lowest BCUT2D eigenvalue weighted by molar-refractivity contribution is -0.277. The van der Waals surface area contributed by atoms with Crippen molar-refractivity contribution >= 4 is 5.69 Å². The van der Waals surface area contributed by atoms with Crippen molar-refractivity contribution in [2.45, 2.75) is 96.4 Å². The topological polar surface area (TPSA) is 121 Å². The third kappa shape index (κ3) is 6.54. The first kappa shape index (κ1) is 24.8. The second kappa shape index (κ2) is 9.80. The molecule has 1 aromatic carbocycles. The predicted octanol–water partition coefficient (Wildman–Crippen LogP) is 1.78. The van der Waals surface area contributed by atoms with E-state index in [0.717, 1.165) is 12.0 Å². The smallest absolute Gasteiger partial charge is 0.229 e. The molecule has 0 bridgehead atoms. The van der Waals surface area contributed by atoms with Crippen molar-refractivity contribution in [1.82, 2.24) is 0 Å². The molecule has 8 heteroatoms. The molecule has 1 aromatic rings. The first-order chi connectivity index (χ1) is 13.9. The molecule has 5 N–H and O–H groups in total. The van der Waals surface area contributed by atoms with E-state index in [9.17, 15) is 20.4 Å². The Hall–Kier alpha value is -1.42. The van der Waals surface area contributed by atoms with E-state index in [2.05, 4.69) is 12.2 Å². The summed E-state index contributed by atoms with van der Waals surface area (Å²) < 4.78 is 17.3. The average molecular weight is 428 g/mol. The third-order valence-corrected chi connectivity index (χ3v) is 5.13. The summed E-state index contributed by atoms with van der Waals surface area (Å²) in [5, 5.41) is 43.0. The summed E-state index contributed by atoms with van der Waals surface area (Å²) >= 11 is 0. The fourth-order valence-electron chi connectivity index (χ4n) is 2.94. The Morgan fingerprint density at radius 2 is 1.70 bits per heavy atom. The molecule has 30 heavy (non-hydrogen) atoms. The van der Waals surface area contributed by atoms with E-state index >= 15 is 0 Å². The maximum absolute atomic E-state index is 10.3. The molecule has 1 fully saturated rings. The summed E-state index contributed by atoms with van der Waals surface area (Å²) in [6.07, 6.45) is -5.79. The van der Waals surface area contributed by atoms with Crippen molar-refractivity contribution in [3.63, 3.8) is 0 Å². The molecule has 5 atom stereocenters. The molecule has 0 radical (unpaired) electrons. The molecule has 0 amide bonds. The van der Waals surface area contributed by atoms with Crippen LogP contribution in [0.15, 0.2) is 18.2 Å². The number of rotatable bonds is 8. The van der Waals surface area contributed by atoms with Crippen LogP contribution in [0.2, 0.25) is 0 Å². The molecule has 8 nitrogen and oxygen atoms in total. The van der Waals surface area contributed by atoms with Crippen LogP contribution >= 0.6 is 0 Å². The Labute approximate surface area is 178 Å². The molecule has 0 aromatic heterocycles. The second-order valence-corrected chi connectivity index (χ2v) is 9.42. The molecule has 1 saturated heterocycles. The van der Waals surface area contributed by atoms with Gasteiger partial charge in [-0.25, -0.2) is 0 Å². The Morgan fingerprint density at radius 1 is 1.03 bits per heavy atom. The normalized spacial score (nSPS) is 27.7. The lowest BCUT2D eigenvalue weighted by atomic mass is 9.99. The Morgan fingerprint density at radius 3 is 2.27 bits per heavy atom. The van der Waals surface area contributed by atoms with Crippen molar-refractivity contribution in [1.29, 1.82) is 0 Å². The van der Waals surface area contributed by atoms with Gasteiger partial charge in [0, 0.05) is 5.54 Å². The number of ether oxygens (including phenoxy) is 3. The summed E-state index contributed by atoms with van der Waals surface area (Å²) in [6.45, 7) is 12.1. The van der Waals surface area contributed by atoms with Crippen LogP contribution < -0.4 is 10.1 Å². The monoisotopic (exact) mass is 427 g/mol.